The number of nitrogens with one attached hydrogen (secondary N) is 1. The van der Waals surface area contributed by atoms with Crippen molar-refractivity contribution < 1.29 is 5.11 Å². The van der Waals surface area contributed by atoms with E-state index in [9.17, 15) is 0 Å². The smallest absolute Gasteiger partial charge is 0.0541 e. The molecule has 15 heavy (non-hydrogen) atoms. The molecule has 0 heterocycles. The minimum absolute atomic E-state index is 0.217. The van der Waals surface area contributed by atoms with Gasteiger partial charge in [0.15, 0.2) is 0 Å². The van der Waals surface area contributed by atoms with Gasteiger partial charge in [0.05, 0.1) is 5.02 Å². The zero-order chi connectivity index (χ0) is 11.1. The maximum atomic E-state index is 8.84. The summed E-state index contributed by atoms with van der Waals surface area (Å²) in [5, 5.41) is 12.8. The minimum Gasteiger partial charge on any atom is -0.396 e. The zero-order valence-electron chi connectivity index (χ0n) is 8.74. The van der Waals surface area contributed by atoms with Crippen molar-refractivity contribution in [2.24, 2.45) is 0 Å². The molecule has 0 saturated heterocycles. The summed E-state index contributed by atoms with van der Waals surface area (Å²) in [7, 11) is 1.91. The topological polar surface area (TPSA) is 32.3 Å². The Balaban J connectivity index is 2.45. The van der Waals surface area contributed by atoms with Crippen LogP contribution in [0.3, 0.4) is 0 Å². The summed E-state index contributed by atoms with van der Waals surface area (Å²) < 4.78 is 0. The predicted octanol–water partition coefficient (Wildman–Crippen LogP) is 2.40. The molecule has 1 aromatic carbocycles. The van der Waals surface area contributed by atoms with Gasteiger partial charge in [0.1, 0.15) is 0 Å². The highest BCUT2D eigenvalue weighted by Crippen LogP contribution is 2.27. The van der Waals surface area contributed by atoms with Gasteiger partial charge in [-0.15, -0.1) is 11.8 Å². The fourth-order valence-corrected chi connectivity index (χ4v) is 2.61. The standard InChI is InChI=1S/C11H16ClNOS/c1-13-9(6-7-14)8-15-11-5-3-2-4-10(11)12/h2-5,9,13-14H,6-8H2,1H3. The van der Waals surface area contributed by atoms with E-state index in [1.165, 1.54) is 0 Å². The van der Waals surface area contributed by atoms with E-state index in [4.69, 9.17) is 16.7 Å². The SMILES string of the molecule is CNC(CCO)CSc1ccccc1Cl. The molecular formula is C11H16ClNOS. The second kappa shape index (κ2) is 7.12. The molecule has 0 spiro atoms. The lowest BCUT2D eigenvalue weighted by Gasteiger charge is -2.14. The number of halogens is 1. The summed E-state index contributed by atoms with van der Waals surface area (Å²) in [6, 6.07) is 8.14. The first-order chi connectivity index (χ1) is 7.27. The predicted molar refractivity (Wildman–Crippen MR) is 66.7 cm³/mol. The van der Waals surface area contributed by atoms with Crippen LogP contribution in [0, 0.1) is 0 Å². The van der Waals surface area contributed by atoms with Gasteiger partial charge < -0.3 is 10.4 Å². The van der Waals surface area contributed by atoms with E-state index >= 15 is 0 Å². The number of aliphatic hydroxyl groups excluding tert-OH is 1. The largest absolute Gasteiger partial charge is 0.396 e. The molecule has 0 aromatic heterocycles. The van der Waals surface area contributed by atoms with Crippen LogP contribution < -0.4 is 5.32 Å². The van der Waals surface area contributed by atoms with Gasteiger partial charge in [-0.05, 0) is 25.6 Å². The van der Waals surface area contributed by atoms with Gasteiger partial charge in [-0.1, -0.05) is 23.7 Å². The van der Waals surface area contributed by atoms with E-state index in [0.29, 0.717) is 6.04 Å². The van der Waals surface area contributed by atoms with Gasteiger partial charge in [0.2, 0.25) is 0 Å². The number of rotatable bonds is 6. The van der Waals surface area contributed by atoms with Crippen LogP contribution in [0.1, 0.15) is 6.42 Å². The van der Waals surface area contributed by atoms with E-state index in [0.717, 1.165) is 22.1 Å². The van der Waals surface area contributed by atoms with Gasteiger partial charge in [-0.2, -0.15) is 0 Å². The summed E-state index contributed by atoms with van der Waals surface area (Å²) >= 11 is 7.75. The van der Waals surface area contributed by atoms with Crippen molar-refractivity contribution in [3.8, 4) is 0 Å². The van der Waals surface area contributed by atoms with Crippen LogP contribution >= 0.6 is 23.4 Å². The Morgan fingerprint density at radius 1 is 1.47 bits per heavy atom. The average Bonchev–Trinajstić information content (AvgIpc) is 2.26. The molecule has 0 aliphatic heterocycles. The van der Waals surface area contributed by atoms with Crippen LogP contribution in [-0.2, 0) is 0 Å². The molecular weight excluding hydrogens is 230 g/mol. The average molecular weight is 246 g/mol. The Morgan fingerprint density at radius 2 is 2.20 bits per heavy atom. The summed E-state index contributed by atoms with van der Waals surface area (Å²) in [5.41, 5.74) is 0. The van der Waals surface area contributed by atoms with E-state index < -0.39 is 0 Å². The van der Waals surface area contributed by atoms with Crippen LogP contribution in [-0.4, -0.2) is 30.6 Å². The normalized spacial score (nSPS) is 12.7. The second-order valence-electron chi connectivity index (χ2n) is 3.24. The lowest BCUT2D eigenvalue weighted by molar-refractivity contribution is 0.273. The van der Waals surface area contributed by atoms with Gasteiger partial charge in [-0.3, -0.25) is 0 Å². The van der Waals surface area contributed by atoms with Crippen LogP contribution in [0.15, 0.2) is 29.2 Å². The lowest BCUT2D eigenvalue weighted by atomic mass is 10.2. The number of thioether (sulfide) groups is 1. The molecule has 0 aliphatic carbocycles. The first-order valence-corrected chi connectivity index (χ1v) is 6.29. The number of aliphatic hydroxyl groups is 1. The molecule has 84 valence electrons. The highest BCUT2D eigenvalue weighted by atomic mass is 35.5. The summed E-state index contributed by atoms with van der Waals surface area (Å²) in [6.07, 6.45) is 0.772. The van der Waals surface area contributed by atoms with E-state index in [-0.39, 0.29) is 6.61 Å². The zero-order valence-corrected chi connectivity index (χ0v) is 10.3. The second-order valence-corrected chi connectivity index (χ2v) is 4.71. The van der Waals surface area contributed by atoms with Gasteiger partial charge in [0, 0.05) is 23.3 Å². The summed E-state index contributed by atoms with van der Waals surface area (Å²) in [5.74, 6) is 0.917. The molecule has 2 nitrogen and oxygen atoms in total. The molecule has 2 N–H and O–H groups in total. The molecule has 1 atom stereocenters. The van der Waals surface area contributed by atoms with E-state index in [1.54, 1.807) is 11.8 Å². The van der Waals surface area contributed by atoms with Crippen molar-refractivity contribution in [3.05, 3.63) is 29.3 Å². The van der Waals surface area contributed by atoms with Crippen LogP contribution in [0.25, 0.3) is 0 Å². The summed E-state index contributed by atoms with van der Waals surface area (Å²) in [4.78, 5) is 1.09. The van der Waals surface area contributed by atoms with Crippen molar-refractivity contribution in [1.29, 1.82) is 0 Å². The molecule has 0 bridgehead atoms. The Hall–Kier alpha value is -0.220. The Bertz CT molecular complexity index is 296. The molecule has 4 heteroatoms. The number of hydrogen-bond donors (Lipinski definition) is 2. The first-order valence-electron chi connectivity index (χ1n) is 4.93. The molecule has 1 unspecified atom stereocenters. The van der Waals surface area contributed by atoms with Crippen LogP contribution in [0.4, 0.5) is 0 Å². The van der Waals surface area contributed by atoms with Gasteiger partial charge in [0.25, 0.3) is 0 Å². The Kier molecular flexibility index (Phi) is 6.10. The van der Waals surface area contributed by atoms with Crippen molar-refractivity contribution in [2.45, 2.75) is 17.4 Å². The van der Waals surface area contributed by atoms with Gasteiger partial charge in [-0.25, -0.2) is 0 Å². The Labute approximate surface area is 100 Å². The van der Waals surface area contributed by atoms with Crippen molar-refractivity contribution in [1.82, 2.24) is 5.32 Å². The third-order valence-electron chi connectivity index (χ3n) is 2.16. The molecule has 0 saturated carbocycles. The monoisotopic (exact) mass is 245 g/mol. The Morgan fingerprint density at radius 3 is 2.80 bits per heavy atom. The number of benzene rings is 1. The lowest BCUT2D eigenvalue weighted by Crippen LogP contribution is -2.28. The van der Waals surface area contributed by atoms with Crippen molar-refractivity contribution in [3.63, 3.8) is 0 Å². The fourth-order valence-electron chi connectivity index (χ4n) is 1.22. The highest BCUT2D eigenvalue weighted by molar-refractivity contribution is 7.99. The fraction of sp³-hybridized carbons (Fsp3) is 0.455. The van der Waals surface area contributed by atoms with Crippen molar-refractivity contribution in [2.75, 3.05) is 19.4 Å². The highest BCUT2D eigenvalue weighted by Gasteiger charge is 2.07. The van der Waals surface area contributed by atoms with E-state index in [1.807, 2.05) is 31.3 Å². The van der Waals surface area contributed by atoms with Crippen LogP contribution in [0.2, 0.25) is 5.02 Å². The molecule has 0 aliphatic rings. The maximum Gasteiger partial charge on any atom is 0.0541 e. The third-order valence-corrected chi connectivity index (χ3v) is 3.84. The molecule has 0 fully saturated rings. The number of hydrogen-bond acceptors (Lipinski definition) is 3. The van der Waals surface area contributed by atoms with Gasteiger partial charge >= 0.3 is 0 Å². The maximum absolute atomic E-state index is 8.84. The summed E-state index contributed by atoms with van der Waals surface area (Å²) in [6.45, 7) is 0.217. The van der Waals surface area contributed by atoms with E-state index in [2.05, 4.69) is 5.32 Å². The third kappa shape index (κ3) is 4.43. The molecule has 1 rings (SSSR count). The quantitative estimate of drug-likeness (QED) is 0.755. The molecule has 1 aromatic rings. The van der Waals surface area contributed by atoms with Crippen molar-refractivity contribution >= 4 is 23.4 Å². The minimum atomic E-state index is 0.217. The van der Waals surface area contributed by atoms with Crippen LogP contribution in [0.5, 0.6) is 0 Å². The molecule has 0 radical (unpaired) electrons. The molecule has 0 amide bonds. The first kappa shape index (κ1) is 12.8.